The minimum Gasteiger partial charge on any atom is -0.454 e. The van der Waals surface area contributed by atoms with E-state index in [1.54, 1.807) is 0 Å². The van der Waals surface area contributed by atoms with Crippen molar-refractivity contribution in [3.63, 3.8) is 0 Å². The molecule has 6 rings (SSSR count). The van der Waals surface area contributed by atoms with Crippen molar-refractivity contribution in [3.8, 4) is 22.8 Å². The molecule has 2 aliphatic rings. The van der Waals surface area contributed by atoms with Crippen LogP contribution in [0.4, 0.5) is 0 Å². The maximum atomic E-state index is 5.55. The van der Waals surface area contributed by atoms with Crippen LogP contribution >= 0.6 is 0 Å². The Bertz CT molecular complexity index is 1260. The van der Waals surface area contributed by atoms with Gasteiger partial charge in [-0.15, -0.1) is 0 Å². The predicted molar refractivity (Wildman–Crippen MR) is 122 cm³/mol. The second-order valence-electron chi connectivity index (χ2n) is 8.46. The Kier molecular flexibility index (Phi) is 4.78. The second-order valence-corrected chi connectivity index (χ2v) is 8.46. The van der Waals surface area contributed by atoms with Gasteiger partial charge in [0.1, 0.15) is 5.65 Å². The average Bonchev–Trinajstić information content (AvgIpc) is 3.47. The van der Waals surface area contributed by atoms with E-state index in [2.05, 4.69) is 62.8 Å². The zero-order chi connectivity index (χ0) is 21.5. The molecule has 1 unspecified atom stereocenters. The molecule has 0 saturated carbocycles. The molecule has 0 N–H and O–H groups in total. The molecule has 0 spiro atoms. The van der Waals surface area contributed by atoms with Crippen LogP contribution < -0.4 is 9.47 Å². The van der Waals surface area contributed by atoms with Crippen molar-refractivity contribution in [2.45, 2.75) is 12.6 Å². The first-order valence-electron chi connectivity index (χ1n) is 10.9. The quantitative estimate of drug-likeness (QED) is 0.496. The minimum absolute atomic E-state index is 0.239. The van der Waals surface area contributed by atoms with Gasteiger partial charge < -0.3 is 9.47 Å². The highest BCUT2D eigenvalue weighted by Gasteiger charge is 2.28. The highest BCUT2D eigenvalue weighted by Crippen LogP contribution is 2.33. The van der Waals surface area contributed by atoms with E-state index in [0.29, 0.717) is 6.79 Å². The lowest BCUT2D eigenvalue weighted by atomic mass is 10.1. The summed E-state index contributed by atoms with van der Waals surface area (Å²) in [6.45, 7) is 4.15. The van der Waals surface area contributed by atoms with Crippen LogP contribution in [0.3, 0.4) is 0 Å². The third-order valence-electron chi connectivity index (χ3n) is 6.40. The Labute approximate surface area is 186 Å². The summed E-state index contributed by atoms with van der Waals surface area (Å²) in [6, 6.07) is 16.8. The fourth-order valence-electron chi connectivity index (χ4n) is 4.64. The van der Waals surface area contributed by atoms with Gasteiger partial charge in [-0.2, -0.15) is 0 Å². The molecule has 0 aliphatic carbocycles. The summed E-state index contributed by atoms with van der Waals surface area (Å²) < 4.78 is 13.2. The fourth-order valence-corrected chi connectivity index (χ4v) is 4.64. The number of benzene rings is 1. The lowest BCUT2D eigenvalue weighted by molar-refractivity contribution is 0.0885. The number of likely N-dealkylation sites (N-methyl/N-ethyl adjacent to an activating group) is 1. The minimum atomic E-state index is 0.239. The first-order valence-corrected chi connectivity index (χ1v) is 10.9. The molecule has 1 aromatic carbocycles. The molecule has 1 atom stereocenters. The first-order chi connectivity index (χ1) is 15.7. The number of ether oxygens (including phenoxy) is 2. The number of nitrogens with zero attached hydrogens (tertiary/aromatic N) is 5. The van der Waals surface area contributed by atoms with Gasteiger partial charge in [0.25, 0.3) is 0 Å². The van der Waals surface area contributed by atoms with E-state index >= 15 is 0 Å². The maximum absolute atomic E-state index is 5.55. The Morgan fingerprint density at radius 2 is 1.88 bits per heavy atom. The molecule has 0 radical (unpaired) electrons. The van der Waals surface area contributed by atoms with Crippen molar-refractivity contribution in [3.05, 3.63) is 78.4 Å². The van der Waals surface area contributed by atoms with Gasteiger partial charge in [-0.05, 0) is 49.0 Å². The number of aromatic nitrogens is 3. The molecule has 4 aromatic rings. The van der Waals surface area contributed by atoms with Gasteiger partial charge >= 0.3 is 0 Å². The molecule has 2 aliphatic heterocycles. The standard InChI is InChI=1S/C25H25N5O2/c1-28-11-12-29(14-18-5-6-23-24(13-18)32-17-31-23)16-22(28)20-15-30-21(3-2-4-25(30)27-20)19-7-9-26-10-8-19/h2-10,13,15,22H,11-12,14,16-17H2,1H3. The van der Waals surface area contributed by atoms with Crippen molar-refractivity contribution in [2.75, 3.05) is 33.5 Å². The summed E-state index contributed by atoms with van der Waals surface area (Å²) in [5.74, 6) is 1.68. The highest BCUT2D eigenvalue weighted by molar-refractivity contribution is 5.63. The van der Waals surface area contributed by atoms with E-state index < -0.39 is 0 Å². The van der Waals surface area contributed by atoms with Crippen LogP contribution in [0.2, 0.25) is 0 Å². The summed E-state index contributed by atoms with van der Waals surface area (Å²) in [4.78, 5) is 14.1. The smallest absolute Gasteiger partial charge is 0.231 e. The van der Waals surface area contributed by atoms with Crippen LogP contribution in [0, 0.1) is 0 Å². The van der Waals surface area contributed by atoms with Crippen molar-refractivity contribution in [1.29, 1.82) is 0 Å². The lowest BCUT2D eigenvalue weighted by Gasteiger charge is -2.38. The number of pyridine rings is 2. The van der Waals surface area contributed by atoms with Gasteiger partial charge in [0.05, 0.1) is 17.4 Å². The third kappa shape index (κ3) is 3.49. The van der Waals surface area contributed by atoms with Crippen LogP contribution in [0.15, 0.2) is 67.1 Å². The van der Waals surface area contributed by atoms with E-state index in [9.17, 15) is 0 Å². The van der Waals surface area contributed by atoms with E-state index in [-0.39, 0.29) is 6.04 Å². The largest absolute Gasteiger partial charge is 0.454 e. The number of imidazole rings is 1. The molecule has 32 heavy (non-hydrogen) atoms. The predicted octanol–water partition coefficient (Wildman–Crippen LogP) is 3.61. The topological polar surface area (TPSA) is 55.1 Å². The zero-order valence-corrected chi connectivity index (χ0v) is 18.0. The third-order valence-corrected chi connectivity index (χ3v) is 6.40. The van der Waals surface area contributed by atoms with Gasteiger partial charge in [-0.1, -0.05) is 12.1 Å². The van der Waals surface area contributed by atoms with Crippen molar-refractivity contribution < 1.29 is 9.47 Å². The van der Waals surface area contributed by atoms with Crippen molar-refractivity contribution >= 4 is 5.65 Å². The first kappa shape index (κ1) is 19.3. The fraction of sp³-hybridized carbons (Fsp3) is 0.280. The monoisotopic (exact) mass is 427 g/mol. The number of hydrogen-bond donors (Lipinski definition) is 0. The normalized spacial score (nSPS) is 19.0. The highest BCUT2D eigenvalue weighted by atomic mass is 16.7. The van der Waals surface area contributed by atoms with E-state index in [0.717, 1.165) is 60.3 Å². The molecule has 1 saturated heterocycles. The molecule has 3 aromatic heterocycles. The van der Waals surface area contributed by atoms with Gasteiger partial charge in [0.15, 0.2) is 11.5 Å². The summed E-state index contributed by atoms with van der Waals surface area (Å²) in [7, 11) is 2.19. The van der Waals surface area contributed by atoms with E-state index in [1.807, 2.05) is 30.6 Å². The number of rotatable bonds is 4. The maximum Gasteiger partial charge on any atom is 0.231 e. The molecule has 5 heterocycles. The summed E-state index contributed by atoms with van der Waals surface area (Å²) in [5, 5.41) is 0. The zero-order valence-electron chi connectivity index (χ0n) is 18.0. The Morgan fingerprint density at radius 1 is 1.00 bits per heavy atom. The number of hydrogen-bond acceptors (Lipinski definition) is 6. The summed E-state index contributed by atoms with van der Waals surface area (Å²) in [5.41, 5.74) is 5.57. The second kappa shape index (κ2) is 7.93. The van der Waals surface area contributed by atoms with Gasteiger partial charge in [-0.25, -0.2) is 4.98 Å². The molecule has 0 amide bonds. The molecule has 7 nitrogen and oxygen atoms in total. The summed E-state index contributed by atoms with van der Waals surface area (Å²) in [6.07, 6.45) is 5.85. The molecule has 162 valence electrons. The number of piperazine rings is 1. The SMILES string of the molecule is CN1CCN(Cc2ccc3c(c2)OCO3)CC1c1cn2c(-c3ccncc3)cccc2n1. The molecule has 1 fully saturated rings. The van der Waals surface area contributed by atoms with E-state index in [1.165, 1.54) is 5.56 Å². The van der Waals surface area contributed by atoms with Crippen LogP contribution in [0.25, 0.3) is 16.9 Å². The van der Waals surface area contributed by atoms with Gasteiger partial charge in [0.2, 0.25) is 6.79 Å². The lowest BCUT2D eigenvalue weighted by Crippen LogP contribution is -2.46. The van der Waals surface area contributed by atoms with E-state index in [4.69, 9.17) is 14.5 Å². The molecule has 0 bridgehead atoms. The van der Waals surface area contributed by atoms with Crippen LogP contribution in [0.5, 0.6) is 11.5 Å². The van der Waals surface area contributed by atoms with Crippen molar-refractivity contribution in [2.24, 2.45) is 0 Å². The average molecular weight is 428 g/mol. The Morgan fingerprint density at radius 3 is 2.78 bits per heavy atom. The van der Waals surface area contributed by atoms with Gasteiger partial charge in [-0.3, -0.25) is 19.2 Å². The van der Waals surface area contributed by atoms with Crippen LogP contribution in [-0.4, -0.2) is 57.6 Å². The number of fused-ring (bicyclic) bond motifs is 2. The van der Waals surface area contributed by atoms with Gasteiger partial charge in [0, 0.05) is 50.3 Å². The van der Waals surface area contributed by atoms with Crippen LogP contribution in [0.1, 0.15) is 17.3 Å². The van der Waals surface area contributed by atoms with Crippen molar-refractivity contribution in [1.82, 2.24) is 24.2 Å². The Hall–Kier alpha value is -3.42. The molecular formula is C25H25N5O2. The van der Waals surface area contributed by atoms with Crippen LogP contribution in [-0.2, 0) is 6.54 Å². The summed E-state index contributed by atoms with van der Waals surface area (Å²) >= 11 is 0. The molecule has 7 heteroatoms. The molecular weight excluding hydrogens is 402 g/mol. The Balaban J connectivity index is 1.27.